The highest BCUT2D eigenvalue weighted by Crippen LogP contribution is 2.28. The van der Waals surface area contributed by atoms with E-state index >= 15 is 0 Å². The van der Waals surface area contributed by atoms with E-state index in [1.165, 1.54) is 0 Å². The lowest BCUT2D eigenvalue weighted by Gasteiger charge is -2.09. The maximum atomic E-state index is 11.9. The minimum Gasteiger partial charge on any atom is -0.405 e. The lowest BCUT2D eigenvalue weighted by atomic mass is 10.2. The number of nitro benzene ring substituents is 1. The molecule has 0 N–H and O–H groups in total. The lowest BCUT2D eigenvalue weighted by Crippen LogP contribution is -2.18. The summed E-state index contributed by atoms with van der Waals surface area (Å²) in [5.74, 6) is -0.892. The Morgan fingerprint density at radius 1 is 1.38 bits per heavy atom. The van der Waals surface area contributed by atoms with Crippen LogP contribution in [0.15, 0.2) is 18.2 Å². The number of alkyl halides is 3. The number of nitrogens with zero attached hydrogens (tertiary/aromatic N) is 1. The van der Waals surface area contributed by atoms with E-state index in [9.17, 15) is 28.1 Å². The number of hydrogen-bond donors (Lipinski definition) is 0. The second-order valence-electron chi connectivity index (χ2n) is 2.64. The minimum absolute atomic E-state index is 0.116. The van der Waals surface area contributed by atoms with Crippen molar-refractivity contribution in [2.75, 3.05) is 0 Å². The van der Waals surface area contributed by atoms with Crippen molar-refractivity contribution >= 4 is 12.0 Å². The average Bonchev–Trinajstić information content (AvgIpc) is 2.15. The highest BCUT2D eigenvalue weighted by molar-refractivity contribution is 5.80. The molecule has 1 rings (SSSR count). The summed E-state index contributed by atoms with van der Waals surface area (Å²) in [6.07, 6.45) is -4.89. The van der Waals surface area contributed by atoms with Gasteiger partial charge >= 0.3 is 6.36 Å². The van der Waals surface area contributed by atoms with Gasteiger partial charge in [-0.05, 0) is 6.07 Å². The van der Waals surface area contributed by atoms with Crippen LogP contribution in [0.5, 0.6) is 5.75 Å². The molecular formula is C8H4F3NO4. The van der Waals surface area contributed by atoms with Crippen LogP contribution in [0.25, 0.3) is 0 Å². The van der Waals surface area contributed by atoms with Gasteiger partial charge in [0.1, 0.15) is 5.75 Å². The van der Waals surface area contributed by atoms with Crippen LogP contribution in [0.4, 0.5) is 18.9 Å². The Morgan fingerprint density at radius 3 is 2.44 bits per heavy atom. The van der Waals surface area contributed by atoms with Crippen molar-refractivity contribution in [3.05, 3.63) is 33.9 Å². The first-order chi connectivity index (χ1) is 7.33. The SMILES string of the molecule is O=Cc1ccc([N+](=O)[O-])cc1OC(F)(F)F. The van der Waals surface area contributed by atoms with Gasteiger partial charge < -0.3 is 4.74 Å². The first-order valence-corrected chi connectivity index (χ1v) is 3.83. The van der Waals surface area contributed by atoms with Crippen LogP contribution >= 0.6 is 0 Å². The Labute approximate surface area is 86.6 Å². The molecule has 0 spiro atoms. The Bertz CT molecular complexity index is 430. The predicted octanol–water partition coefficient (Wildman–Crippen LogP) is 2.31. The zero-order valence-electron chi connectivity index (χ0n) is 7.52. The van der Waals surface area contributed by atoms with Crippen molar-refractivity contribution in [2.45, 2.75) is 6.36 Å². The molecule has 0 aliphatic carbocycles. The smallest absolute Gasteiger partial charge is 0.405 e. The van der Waals surface area contributed by atoms with Crippen molar-refractivity contribution < 1.29 is 27.6 Å². The molecule has 0 atom stereocenters. The quantitative estimate of drug-likeness (QED) is 0.458. The van der Waals surface area contributed by atoms with Gasteiger partial charge in [0.05, 0.1) is 16.6 Å². The Morgan fingerprint density at radius 2 is 2.00 bits per heavy atom. The number of hydrogen-bond acceptors (Lipinski definition) is 4. The number of non-ortho nitro benzene ring substituents is 1. The third kappa shape index (κ3) is 2.94. The molecule has 1 aromatic rings. The molecule has 8 heteroatoms. The topological polar surface area (TPSA) is 69.4 Å². The molecule has 0 saturated carbocycles. The molecule has 0 aromatic heterocycles. The molecule has 5 nitrogen and oxygen atoms in total. The van der Waals surface area contributed by atoms with E-state index in [1.54, 1.807) is 0 Å². The molecule has 0 amide bonds. The van der Waals surface area contributed by atoms with E-state index in [4.69, 9.17) is 0 Å². The summed E-state index contributed by atoms with van der Waals surface area (Å²) in [7, 11) is 0. The molecule has 0 bridgehead atoms. The van der Waals surface area contributed by atoms with Crippen molar-refractivity contribution in [3.63, 3.8) is 0 Å². The van der Waals surface area contributed by atoms with Crippen LogP contribution in [0.3, 0.4) is 0 Å². The van der Waals surface area contributed by atoms with Gasteiger partial charge in [-0.1, -0.05) is 0 Å². The van der Waals surface area contributed by atoms with E-state index < -0.39 is 28.3 Å². The number of ether oxygens (including phenoxy) is 1. The van der Waals surface area contributed by atoms with Crippen LogP contribution in [0, 0.1) is 10.1 Å². The van der Waals surface area contributed by atoms with Gasteiger partial charge in [0.15, 0.2) is 6.29 Å². The van der Waals surface area contributed by atoms with Gasteiger partial charge in [0.25, 0.3) is 5.69 Å². The fourth-order valence-electron chi connectivity index (χ4n) is 0.947. The number of nitro groups is 1. The fourth-order valence-corrected chi connectivity index (χ4v) is 0.947. The molecule has 86 valence electrons. The van der Waals surface area contributed by atoms with Crippen LogP contribution in [0.2, 0.25) is 0 Å². The molecule has 0 heterocycles. The molecule has 0 unspecified atom stereocenters. The second kappa shape index (κ2) is 4.17. The van der Waals surface area contributed by atoms with Gasteiger partial charge in [-0.3, -0.25) is 14.9 Å². The lowest BCUT2D eigenvalue weighted by molar-refractivity contribution is -0.385. The summed E-state index contributed by atoms with van der Waals surface area (Å²) < 4.78 is 39.1. The number of carbonyl (C=O) groups is 1. The standard InChI is InChI=1S/C8H4F3NO4/c9-8(10,11)16-7-3-6(12(14)15)2-1-5(7)4-13/h1-4H. The molecule has 0 saturated heterocycles. The summed E-state index contributed by atoms with van der Waals surface area (Å²) in [6.45, 7) is 0. The Kier molecular flexibility index (Phi) is 3.11. The predicted molar refractivity (Wildman–Crippen MR) is 45.2 cm³/mol. The molecular weight excluding hydrogens is 231 g/mol. The highest BCUT2D eigenvalue weighted by atomic mass is 19.4. The molecule has 1 aromatic carbocycles. The summed E-state index contributed by atoms with van der Waals surface area (Å²) in [5.41, 5.74) is -1.01. The first-order valence-electron chi connectivity index (χ1n) is 3.83. The molecule has 16 heavy (non-hydrogen) atoms. The van der Waals surface area contributed by atoms with E-state index in [0.717, 1.165) is 12.1 Å². The fraction of sp³-hybridized carbons (Fsp3) is 0.125. The monoisotopic (exact) mass is 235 g/mol. The first kappa shape index (κ1) is 12.0. The molecule has 0 aliphatic rings. The van der Waals surface area contributed by atoms with Crippen molar-refractivity contribution in [1.29, 1.82) is 0 Å². The van der Waals surface area contributed by atoms with Gasteiger partial charge in [0, 0.05) is 6.07 Å². The highest BCUT2D eigenvalue weighted by Gasteiger charge is 2.32. The number of halogens is 3. The van der Waals surface area contributed by atoms with Crippen LogP contribution in [-0.4, -0.2) is 17.6 Å². The van der Waals surface area contributed by atoms with E-state index in [0.29, 0.717) is 6.07 Å². The number of benzene rings is 1. The molecule has 0 aliphatic heterocycles. The Hall–Kier alpha value is -2.12. The number of carbonyl (C=O) groups excluding carboxylic acids is 1. The number of aldehydes is 1. The van der Waals surface area contributed by atoms with E-state index in [-0.39, 0.29) is 6.29 Å². The van der Waals surface area contributed by atoms with Gasteiger partial charge in [0.2, 0.25) is 0 Å². The van der Waals surface area contributed by atoms with Crippen LogP contribution in [0.1, 0.15) is 10.4 Å². The minimum atomic E-state index is -5.01. The van der Waals surface area contributed by atoms with Crippen molar-refractivity contribution in [2.24, 2.45) is 0 Å². The summed E-state index contributed by atoms with van der Waals surface area (Å²) >= 11 is 0. The third-order valence-electron chi connectivity index (χ3n) is 1.56. The average molecular weight is 235 g/mol. The Balaban J connectivity index is 3.17. The zero-order chi connectivity index (χ0) is 12.3. The van der Waals surface area contributed by atoms with E-state index in [2.05, 4.69) is 4.74 Å². The van der Waals surface area contributed by atoms with Crippen LogP contribution in [-0.2, 0) is 0 Å². The largest absolute Gasteiger partial charge is 0.573 e. The summed E-state index contributed by atoms with van der Waals surface area (Å²) in [5, 5.41) is 10.3. The normalized spacial score (nSPS) is 10.9. The van der Waals surface area contributed by atoms with Gasteiger partial charge in [-0.15, -0.1) is 13.2 Å². The van der Waals surface area contributed by atoms with Crippen molar-refractivity contribution in [1.82, 2.24) is 0 Å². The zero-order valence-corrected chi connectivity index (χ0v) is 7.52. The van der Waals surface area contributed by atoms with Gasteiger partial charge in [-0.2, -0.15) is 0 Å². The van der Waals surface area contributed by atoms with Gasteiger partial charge in [-0.25, -0.2) is 0 Å². The summed E-state index contributed by atoms with van der Waals surface area (Å²) in [4.78, 5) is 19.8. The summed E-state index contributed by atoms with van der Waals surface area (Å²) in [6, 6.07) is 2.33. The maximum Gasteiger partial charge on any atom is 0.573 e. The number of rotatable bonds is 3. The third-order valence-corrected chi connectivity index (χ3v) is 1.56. The molecule has 0 fully saturated rings. The second-order valence-corrected chi connectivity index (χ2v) is 2.64. The molecule has 0 radical (unpaired) electrons. The van der Waals surface area contributed by atoms with Crippen LogP contribution < -0.4 is 4.74 Å². The van der Waals surface area contributed by atoms with Crippen molar-refractivity contribution in [3.8, 4) is 5.75 Å². The van der Waals surface area contributed by atoms with E-state index in [1.807, 2.05) is 0 Å². The maximum absolute atomic E-state index is 11.9.